The van der Waals surface area contributed by atoms with Crippen LogP contribution in [0, 0.1) is 0 Å². The Morgan fingerprint density at radius 2 is 2.15 bits per heavy atom. The molecule has 26 heavy (non-hydrogen) atoms. The first-order chi connectivity index (χ1) is 12.2. The zero-order valence-electron chi connectivity index (χ0n) is 15.1. The Morgan fingerprint density at radius 3 is 2.69 bits per heavy atom. The maximum Gasteiger partial charge on any atom is 0.303 e. The van der Waals surface area contributed by atoms with Crippen molar-refractivity contribution in [2.75, 3.05) is 20.3 Å². The third-order valence-corrected chi connectivity index (χ3v) is 5.17. The number of ether oxygens (including phenoxy) is 4. The van der Waals surface area contributed by atoms with E-state index in [1.54, 1.807) is 6.92 Å². The summed E-state index contributed by atoms with van der Waals surface area (Å²) in [5.41, 5.74) is -1.11. The summed E-state index contributed by atoms with van der Waals surface area (Å²) in [6, 6.07) is 0. The summed E-state index contributed by atoms with van der Waals surface area (Å²) < 4.78 is 22.0. The van der Waals surface area contributed by atoms with E-state index in [0.29, 0.717) is 4.91 Å². The van der Waals surface area contributed by atoms with Crippen LogP contribution in [0.2, 0.25) is 0 Å². The van der Waals surface area contributed by atoms with Gasteiger partial charge < -0.3 is 18.9 Å². The molecule has 1 unspecified atom stereocenters. The maximum atomic E-state index is 12.4. The second kappa shape index (κ2) is 8.19. The van der Waals surface area contributed by atoms with Gasteiger partial charge in [0.15, 0.2) is 12.3 Å². The van der Waals surface area contributed by atoms with E-state index in [9.17, 15) is 14.4 Å². The fraction of sp³-hybridized carbons (Fsp3) is 0.625. The molecular formula is C16H22N2O7S. The smallest absolute Gasteiger partial charge is 0.303 e. The number of methoxy groups -OCH3 is 1. The second-order valence-electron chi connectivity index (χ2n) is 6.01. The average Bonchev–Trinajstić information content (AvgIpc) is 3.04. The number of carbonyl (C=O) groups is 3. The number of hydrogen-bond acceptors (Lipinski definition) is 9. The first-order valence-corrected chi connectivity index (χ1v) is 8.69. The highest BCUT2D eigenvalue weighted by atomic mass is 32.2. The third-order valence-electron chi connectivity index (χ3n) is 4.26. The molecule has 10 heteroatoms. The van der Waals surface area contributed by atoms with E-state index in [4.69, 9.17) is 18.9 Å². The zero-order valence-corrected chi connectivity index (χ0v) is 15.9. The van der Waals surface area contributed by atoms with Crippen molar-refractivity contribution < 1.29 is 33.3 Å². The van der Waals surface area contributed by atoms with E-state index in [1.807, 2.05) is 0 Å². The van der Waals surface area contributed by atoms with Gasteiger partial charge in [0, 0.05) is 32.1 Å². The largest absolute Gasteiger partial charge is 0.463 e. The summed E-state index contributed by atoms with van der Waals surface area (Å²) in [5, 5.41) is -0.270. The van der Waals surface area contributed by atoms with Crippen LogP contribution < -0.4 is 0 Å². The molecule has 0 aliphatic carbocycles. The number of thioether (sulfide) groups is 1. The minimum atomic E-state index is -1.11. The topological polar surface area (TPSA) is 104 Å². The number of aliphatic imine (C=N–C) groups is 1. The summed E-state index contributed by atoms with van der Waals surface area (Å²) in [7, 11) is 1.44. The molecule has 2 heterocycles. The predicted molar refractivity (Wildman–Crippen MR) is 93.6 cm³/mol. The molecule has 0 N–H and O–H groups in total. The minimum absolute atomic E-state index is 0.0972. The van der Waals surface area contributed by atoms with Gasteiger partial charge in [-0.1, -0.05) is 0 Å². The fourth-order valence-electron chi connectivity index (χ4n) is 2.88. The van der Waals surface area contributed by atoms with Gasteiger partial charge >= 0.3 is 11.9 Å². The molecule has 2 aliphatic rings. The van der Waals surface area contributed by atoms with Crippen LogP contribution in [-0.4, -0.2) is 73.1 Å². The first kappa shape index (κ1) is 20.4. The SMILES string of the molecule is C=N/C=C1\CN([C@@H]2OC(COC(C)=O)[C@@](C)(OC)[C@H]2OC(C)=O)C(=O)S1. The van der Waals surface area contributed by atoms with Gasteiger partial charge in [0.1, 0.15) is 18.3 Å². The Balaban J connectivity index is 2.32. The third kappa shape index (κ3) is 4.08. The van der Waals surface area contributed by atoms with E-state index in [0.717, 1.165) is 11.8 Å². The number of hydrogen-bond donors (Lipinski definition) is 0. The van der Waals surface area contributed by atoms with Gasteiger partial charge in [0.05, 0.1) is 6.54 Å². The van der Waals surface area contributed by atoms with E-state index >= 15 is 0 Å². The van der Waals surface area contributed by atoms with Crippen molar-refractivity contribution in [2.24, 2.45) is 4.99 Å². The molecule has 4 atom stereocenters. The standard InChI is InChI=1S/C16H22N2O7S/c1-9(19)23-8-12-16(3,22-5)13(24-10(2)20)14(25-12)18-7-11(6-17-4)26-15(18)21/h6,12-14H,4,7-8H2,1-3,5H3/b11-6+/t12?,13-,14+,16+/m0/s1. The minimum Gasteiger partial charge on any atom is -0.463 e. The Labute approximate surface area is 155 Å². The van der Waals surface area contributed by atoms with Crippen molar-refractivity contribution in [3.8, 4) is 0 Å². The Kier molecular flexibility index (Phi) is 6.43. The van der Waals surface area contributed by atoms with Gasteiger partial charge in [-0.25, -0.2) is 0 Å². The highest BCUT2D eigenvalue weighted by molar-refractivity contribution is 8.17. The van der Waals surface area contributed by atoms with Crippen molar-refractivity contribution in [2.45, 2.75) is 44.8 Å². The van der Waals surface area contributed by atoms with Crippen molar-refractivity contribution in [1.82, 2.24) is 4.90 Å². The monoisotopic (exact) mass is 386 g/mol. The van der Waals surface area contributed by atoms with Gasteiger partial charge in [-0.2, -0.15) is 0 Å². The van der Waals surface area contributed by atoms with Crippen LogP contribution in [0.4, 0.5) is 4.79 Å². The van der Waals surface area contributed by atoms with Crippen molar-refractivity contribution in [1.29, 1.82) is 0 Å². The molecule has 0 saturated carbocycles. The Morgan fingerprint density at radius 1 is 1.46 bits per heavy atom. The Bertz CT molecular complexity index is 638. The lowest BCUT2D eigenvalue weighted by atomic mass is 9.94. The van der Waals surface area contributed by atoms with Crippen LogP contribution in [0.25, 0.3) is 0 Å². The normalized spacial score (nSPS) is 32.8. The van der Waals surface area contributed by atoms with Gasteiger partial charge in [-0.3, -0.25) is 24.3 Å². The molecule has 0 bridgehead atoms. The molecule has 2 saturated heterocycles. The number of rotatable bonds is 6. The molecule has 0 radical (unpaired) electrons. The molecule has 0 aromatic rings. The van der Waals surface area contributed by atoms with Crippen LogP contribution in [0.1, 0.15) is 20.8 Å². The summed E-state index contributed by atoms with van der Waals surface area (Å²) in [4.78, 5) is 41.0. The van der Waals surface area contributed by atoms with Gasteiger partial charge in [0.2, 0.25) is 0 Å². The summed E-state index contributed by atoms with van der Waals surface area (Å²) in [6.45, 7) is 7.75. The van der Waals surface area contributed by atoms with Crippen LogP contribution in [0.15, 0.2) is 16.1 Å². The van der Waals surface area contributed by atoms with Crippen LogP contribution >= 0.6 is 11.8 Å². The molecule has 9 nitrogen and oxygen atoms in total. The highest BCUT2D eigenvalue weighted by Gasteiger charge is 2.60. The summed E-state index contributed by atoms with van der Waals surface area (Å²) in [6.07, 6.45) is -1.02. The number of nitrogens with zero attached hydrogens (tertiary/aromatic N) is 2. The van der Waals surface area contributed by atoms with E-state index in [1.165, 1.54) is 32.1 Å². The summed E-state index contributed by atoms with van der Waals surface area (Å²) >= 11 is 1.00. The molecule has 0 aromatic heterocycles. The maximum absolute atomic E-state index is 12.4. The van der Waals surface area contributed by atoms with Crippen molar-refractivity contribution in [3.05, 3.63) is 11.1 Å². The molecule has 0 spiro atoms. The highest BCUT2D eigenvalue weighted by Crippen LogP contribution is 2.41. The molecule has 0 aromatic carbocycles. The van der Waals surface area contributed by atoms with Gasteiger partial charge in [-0.05, 0) is 25.4 Å². The second-order valence-corrected chi connectivity index (χ2v) is 7.09. The predicted octanol–water partition coefficient (Wildman–Crippen LogP) is 1.32. The quantitative estimate of drug-likeness (QED) is 0.497. The first-order valence-electron chi connectivity index (χ1n) is 7.87. The average molecular weight is 386 g/mol. The zero-order chi connectivity index (χ0) is 19.5. The van der Waals surface area contributed by atoms with E-state index in [-0.39, 0.29) is 18.4 Å². The van der Waals surface area contributed by atoms with Gasteiger partial charge in [0.25, 0.3) is 5.24 Å². The number of amides is 1. The van der Waals surface area contributed by atoms with Crippen LogP contribution in [0.3, 0.4) is 0 Å². The molecule has 2 aliphatic heterocycles. The number of esters is 2. The summed E-state index contributed by atoms with van der Waals surface area (Å²) in [5.74, 6) is -1.02. The molecule has 1 amide bonds. The lowest BCUT2D eigenvalue weighted by molar-refractivity contribution is -0.168. The molecule has 2 fully saturated rings. The fourth-order valence-corrected chi connectivity index (χ4v) is 3.72. The van der Waals surface area contributed by atoms with Crippen molar-refractivity contribution in [3.63, 3.8) is 0 Å². The van der Waals surface area contributed by atoms with Gasteiger partial charge in [-0.15, -0.1) is 0 Å². The molecular weight excluding hydrogens is 364 g/mol. The van der Waals surface area contributed by atoms with E-state index in [2.05, 4.69) is 11.7 Å². The molecule has 2 rings (SSSR count). The van der Waals surface area contributed by atoms with Crippen molar-refractivity contribution >= 4 is 35.7 Å². The lowest BCUT2D eigenvalue weighted by Gasteiger charge is -2.34. The van der Waals surface area contributed by atoms with Crippen LogP contribution in [-0.2, 0) is 28.5 Å². The molecule has 144 valence electrons. The van der Waals surface area contributed by atoms with E-state index < -0.39 is 36.0 Å². The van der Waals surface area contributed by atoms with Crippen LogP contribution in [0.5, 0.6) is 0 Å². The Hall–Kier alpha value is -1.91. The lowest BCUT2D eigenvalue weighted by Crippen LogP contribution is -2.53. The number of carbonyl (C=O) groups excluding carboxylic acids is 3.